The number of benzene rings is 1. The first-order chi connectivity index (χ1) is 10.6. The van der Waals surface area contributed by atoms with Crippen molar-refractivity contribution in [3.63, 3.8) is 0 Å². The van der Waals surface area contributed by atoms with Crippen molar-refractivity contribution in [2.24, 2.45) is 0 Å². The number of hydrogen-bond donors (Lipinski definition) is 1. The second-order valence-electron chi connectivity index (χ2n) is 6.09. The molecule has 2 rings (SSSR count). The predicted molar refractivity (Wildman–Crippen MR) is 88.2 cm³/mol. The van der Waals surface area contributed by atoms with Gasteiger partial charge >= 0.3 is 0 Å². The highest BCUT2D eigenvalue weighted by molar-refractivity contribution is 5.78. The second kappa shape index (κ2) is 8.15. The molecule has 1 amide bonds. The predicted octanol–water partition coefficient (Wildman–Crippen LogP) is 0.990. The number of carbonyl (C=O) groups excluding carboxylic acids is 1. The molecular formula is C17H27N3O2. The molecule has 1 atom stereocenters. The van der Waals surface area contributed by atoms with Gasteiger partial charge in [-0.3, -0.25) is 9.69 Å². The smallest absolute Gasteiger partial charge is 0.234 e. The van der Waals surface area contributed by atoms with E-state index >= 15 is 0 Å². The minimum atomic E-state index is 0.113. The number of methoxy groups -OCH3 is 1. The summed E-state index contributed by atoms with van der Waals surface area (Å²) in [6.07, 6.45) is 1.97. The van der Waals surface area contributed by atoms with Gasteiger partial charge < -0.3 is 15.0 Å². The normalized spacial score (nSPS) is 18.6. The minimum Gasteiger partial charge on any atom is -0.497 e. The molecule has 5 heteroatoms. The van der Waals surface area contributed by atoms with Gasteiger partial charge in [0.15, 0.2) is 0 Å². The van der Waals surface area contributed by atoms with E-state index in [1.807, 2.05) is 18.2 Å². The SMILES string of the molecule is COc1cccc(CCNC(=O)CN2CCC(N(C)C)C2)c1. The fourth-order valence-electron chi connectivity index (χ4n) is 2.81. The van der Waals surface area contributed by atoms with Crippen molar-refractivity contribution < 1.29 is 9.53 Å². The molecule has 0 aromatic heterocycles. The maximum Gasteiger partial charge on any atom is 0.234 e. The molecule has 0 aliphatic carbocycles. The van der Waals surface area contributed by atoms with Crippen LogP contribution in [0.15, 0.2) is 24.3 Å². The van der Waals surface area contributed by atoms with E-state index in [1.54, 1.807) is 7.11 Å². The molecule has 1 fully saturated rings. The van der Waals surface area contributed by atoms with Crippen LogP contribution in [0.25, 0.3) is 0 Å². The number of nitrogens with one attached hydrogen (secondary N) is 1. The lowest BCUT2D eigenvalue weighted by atomic mass is 10.1. The van der Waals surface area contributed by atoms with Gasteiger partial charge in [-0.15, -0.1) is 0 Å². The van der Waals surface area contributed by atoms with Gasteiger partial charge in [0.1, 0.15) is 5.75 Å². The molecule has 22 heavy (non-hydrogen) atoms. The summed E-state index contributed by atoms with van der Waals surface area (Å²) in [4.78, 5) is 16.5. The summed E-state index contributed by atoms with van der Waals surface area (Å²) in [6.45, 7) is 3.15. The zero-order valence-corrected chi connectivity index (χ0v) is 13.8. The molecule has 0 radical (unpaired) electrons. The van der Waals surface area contributed by atoms with Crippen molar-refractivity contribution in [3.05, 3.63) is 29.8 Å². The Morgan fingerprint density at radius 3 is 2.95 bits per heavy atom. The molecule has 1 unspecified atom stereocenters. The number of ether oxygens (including phenoxy) is 1. The summed E-state index contributed by atoms with van der Waals surface area (Å²) in [5.41, 5.74) is 1.17. The van der Waals surface area contributed by atoms with Gasteiger partial charge in [0.2, 0.25) is 5.91 Å². The Bertz CT molecular complexity index is 491. The maximum atomic E-state index is 12.0. The monoisotopic (exact) mass is 305 g/mol. The molecule has 5 nitrogen and oxygen atoms in total. The molecule has 1 aliphatic rings. The van der Waals surface area contributed by atoms with Crippen LogP contribution in [0.2, 0.25) is 0 Å². The fourth-order valence-corrected chi connectivity index (χ4v) is 2.81. The van der Waals surface area contributed by atoms with Gasteiger partial charge in [0.05, 0.1) is 13.7 Å². The first kappa shape index (κ1) is 16.8. The van der Waals surface area contributed by atoms with Crippen LogP contribution in [0.1, 0.15) is 12.0 Å². The molecule has 1 aromatic rings. The van der Waals surface area contributed by atoms with Crippen LogP contribution >= 0.6 is 0 Å². The van der Waals surface area contributed by atoms with Crippen LogP contribution in [0.5, 0.6) is 5.75 Å². The number of rotatable bonds is 7. The van der Waals surface area contributed by atoms with Crippen LogP contribution in [-0.2, 0) is 11.2 Å². The summed E-state index contributed by atoms with van der Waals surface area (Å²) in [5.74, 6) is 0.970. The van der Waals surface area contributed by atoms with Gasteiger partial charge in [0, 0.05) is 25.7 Å². The zero-order valence-electron chi connectivity index (χ0n) is 13.8. The average Bonchev–Trinajstić information content (AvgIpc) is 2.96. The minimum absolute atomic E-state index is 0.113. The largest absolute Gasteiger partial charge is 0.497 e. The second-order valence-corrected chi connectivity index (χ2v) is 6.09. The van der Waals surface area contributed by atoms with Gasteiger partial charge in [-0.2, -0.15) is 0 Å². The van der Waals surface area contributed by atoms with E-state index in [0.29, 0.717) is 19.1 Å². The van der Waals surface area contributed by atoms with E-state index in [-0.39, 0.29) is 5.91 Å². The zero-order chi connectivity index (χ0) is 15.9. The number of carbonyl (C=O) groups is 1. The van der Waals surface area contributed by atoms with E-state index in [2.05, 4.69) is 35.3 Å². The Hall–Kier alpha value is -1.59. The van der Waals surface area contributed by atoms with Crippen molar-refractivity contribution in [1.29, 1.82) is 0 Å². The summed E-state index contributed by atoms with van der Waals surface area (Å²) in [7, 11) is 5.86. The summed E-state index contributed by atoms with van der Waals surface area (Å²) < 4.78 is 5.20. The van der Waals surface area contributed by atoms with Gasteiger partial charge in [0.25, 0.3) is 0 Å². The van der Waals surface area contributed by atoms with Crippen molar-refractivity contribution >= 4 is 5.91 Å². The Balaban J connectivity index is 1.68. The van der Waals surface area contributed by atoms with Crippen LogP contribution in [0.3, 0.4) is 0 Å². The summed E-state index contributed by atoms with van der Waals surface area (Å²) in [5, 5.41) is 3.00. The highest BCUT2D eigenvalue weighted by Crippen LogP contribution is 2.13. The maximum absolute atomic E-state index is 12.0. The van der Waals surface area contributed by atoms with Crippen molar-refractivity contribution in [2.75, 3.05) is 47.4 Å². The van der Waals surface area contributed by atoms with Gasteiger partial charge in [-0.1, -0.05) is 12.1 Å². The lowest BCUT2D eigenvalue weighted by Crippen LogP contribution is -2.38. The number of likely N-dealkylation sites (N-methyl/N-ethyl adjacent to an activating group) is 1. The first-order valence-corrected chi connectivity index (χ1v) is 7.87. The molecule has 1 N–H and O–H groups in total. The molecule has 0 bridgehead atoms. The van der Waals surface area contributed by atoms with Crippen molar-refractivity contribution in [1.82, 2.24) is 15.1 Å². The van der Waals surface area contributed by atoms with Crippen LogP contribution in [-0.4, -0.2) is 69.1 Å². The molecule has 122 valence electrons. The first-order valence-electron chi connectivity index (χ1n) is 7.87. The van der Waals surface area contributed by atoms with Crippen molar-refractivity contribution in [2.45, 2.75) is 18.9 Å². The molecule has 1 aromatic carbocycles. The topological polar surface area (TPSA) is 44.8 Å². The third-order valence-electron chi connectivity index (χ3n) is 4.22. The highest BCUT2D eigenvalue weighted by Gasteiger charge is 2.24. The number of likely N-dealkylation sites (tertiary alicyclic amines) is 1. The van der Waals surface area contributed by atoms with E-state index in [9.17, 15) is 4.79 Å². The standard InChI is InChI=1S/C17H27N3O2/c1-19(2)15-8-10-20(12-15)13-17(21)18-9-7-14-5-4-6-16(11-14)22-3/h4-6,11,15H,7-10,12-13H2,1-3H3,(H,18,21). The van der Waals surface area contributed by atoms with Crippen molar-refractivity contribution in [3.8, 4) is 5.75 Å². The summed E-state index contributed by atoms with van der Waals surface area (Å²) >= 11 is 0. The highest BCUT2D eigenvalue weighted by atomic mass is 16.5. The molecule has 1 saturated heterocycles. The van der Waals surface area contributed by atoms with E-state index in [4.69, 9.17) is 4.74 Å². The van der Waals surface area contributed by atoms with Gasteiger partial charge in [-0.25, -0.2) is 0 Å². The Labute approximate surface area is 133 Å². The van der Waals surface area contributed by atoms with E-state index in [0.717, 1.165) is 31.7 Å². The number of hydrogen-bond acceptors (Lipinski definition) is 4. The molecule has 1 aliphatic heterocycles. The molecular weight excluding hydrogens is 278 g/mol. The lowest BCUT2D eigenvalue weighted by molar-refractivity contribution is -0.122. The Morgan fingerprint density at radius 2 is 2.27 bits per heavy atom. The Morgan fingerprint density at radius 1 is 1.45 bits per heavy atom. The average molecular weight is 305 g/mol. The van der Waals surface area contributed by atoms with Crippen LogP contribution in [0.4, 0.5) is 0 Å². The molecule has 1 heterocycles. The third kappa shape index (κ3) is 5.00. The quantitative estimate of drug-likeness (QED) is 0.816. The number of amides is 1. The van der Waals surface area contributed by atoms with Crippen LogP contribution < -0.4 is 10.1 Å². The van der Waals surface area contributed by atoms with Crippen LogP contribution in [0, 0.1) is 0 Å². The van der Waals surface area contributed by atoms with Gasteiger partial charge in [-0.05, 0) is 44.6 Å². The Kier molecular flexibility index (Phi) is 6.21. The molecule has 0 spiro atoms. The number of nitrogens with zero attached hydrogens (tertiary/aromatic N) is 2. The summed E-state index contributed by atoms with van der Waals surface area (Å²) in [6, 6.07) is 8.54. The van der Waals surface area contributed by atoms with E-state index < -0.39 is 0 Å². The van der Waals surface area contributed by atoms with E-state index in [1.165, 1.54) is 5.56 Å². The third-order valence-corrected chi connectivity index (χ3v) is 4.22. The lowest BCUT2D eigenvalue weighted by Gasteiger charge is -2.20. The molecule has 0 saturated carbocycles. The fraction of sp³-hybridized carbons (Fsp3) is 0.588.